The van der Waals surface area contributed by atoms with Gasteiger partial charge in [-0.15, -0.1) is 0 Å². The Morgan fingerprint density at radius 2 is 2.19 bits per heavy atom. The summed E-state index contributed by atoms with van der Waals surface area (Å²) in [4.78, 5) is 16.0. The number of hydrogen-bond acceptors (Lipinski definition) is 4. The average molecular weight is 291 g/mol. The average Bonchev–Trinajstić information content (AvgIpc) is 2.93. The molecule has 1 saturated heterocycles. The molecule has 1 aliphatic rings. The summed E-state index contributed by atoms with van der Waals surface area (Å²) in [5, 5.41) is 0. The van der Waals surface area contributed by atoms with E-state index in [9.17, 15) is 4.79 Å². The summed E-state index contributed by atoms with van der Waals surface area (Å²) in [6, 6.07) is 9.74. The van der Waals surface area contributed by atoms with Crippen LogP contribution in [0.3, 0.4) is 0 Å². The van der Waals surface area contributed by atoms with Gasteiger partial charge in [-0.25, -0.2) is 4.79 Å². The summed E-state index contributed by atoms with van der Waals surface area (Å²) in [7, 11) is 1.80. The highest BCUT2D eigenvalue weighted by Crippen LogP contribution is 2.17. The Balaban J connectivity index is 1.70. The molecule has 0 spiro atoms. The van der Waals surface area contributed by atoms with Gasteiger partial charge in [-0.05, 0) is 24.4 Å². The fraction of sp³-hybridized carbons (Fsp3) is 0.562. The van der Waals surface area contributed by atoms with Crippen molar-refractivity contribution in [2.75, 3.05) is 39.8 Å². The van der Waals surface area contributed by atoms with Gasteiger partial charge in [-0.2, -0.15) is 0 Å². The number of hydrogen-bond donors (Lipinski definition) is 1. The van der Waals surface area contributed by atoms with Gasteiger partial charge in [0.15, 0.2) is 0 Å². The van der Waals surface area contributed by atoms with Crippen LogP contribution in [0.4, 0.5) is 4.79 Å². The van der Waals surface area contributed by atoms with Gasteiger partial charge >= 0.3 is 6.09 Å². The van der Waals surface area contributed by atoms with Crippen LogP contribution in [0.15, 0.2) is 30.3 Å². The Labute approximate surface area is 126 Å². The molecule has 1 atom stereocenters. The Bertz CT molecular complexity index is 438. The fourth-order valence-corrected chi connectivity index (χ4v) is 2.74. The highest BCUT2D eigenvalue weighted by atomic mass is 16.6. The summed E-state index contributed by atoms with van der Waals surface area (Å²) >= 11 is 0. The number of rotatable bonds is 6. The number of ether oxygens (including phenoxy) is 1. The zero-order valence-electron chi connectivity index (χ0n) is 12.7. The molecule has 5 heteroatoms. The summed E-state index contributed by atoms with van der Waals surface area (Å²) in [6.07, 6.45) is 0.868. The van der Waals surface area contributed by atoms with E-state index in [1.807, 2.05) is 30.3 Å². The lowest BCUT2D eigenvalue weighted by atomic mass is 10.1. The molecule has 0 radical (unpaired) electrons. The summed E-state index contributed by atoms with van der Waals surface area (Å²) in [5.41, 5.74) is 6.58. The lowest BCUT2D eigenvalue weighted by molar-refractivity contribution is 0.0997. The third kappa shape index (κ3) is 5.02. The molecule has 1 aromatic rings. The smallest absolute Gasteiger partial charge is 0.409 e. The number of carbonyl (C=O) groups is 1. The molecule has 2 rings (SSSR count). The molecule has 116 valence electrons. The van der Waals surface area contributed by atoms with Crippen molar-refractivity contribution in [3.8, 4) is 0 Å². The SMILES string of the molecule is CN(C[C@@H]1CCN(CCN)C1)C(=O)OCc1ccccc1. The fourth-order valence-electron chi connectivity index (χ4n) is 2.74. The first-order chi connectivity index (χ1) is 10.2. The molecule has 0 bridgehead atoms. The molecule has 5 nitrogen and oxygen atoms in total. The van der Waals surface area contributed by atoms with Gasteiger partial charge < -0.3 is 20.3 Å². The van der Waals surface area contributed by atoms with E-state index in [-0.39, 0.29) is 6.09 Å². The molecule has 1 aromatic carbocycles. The molecule has 0 aliphatic carbocycles. The van der Waals surface area contributed by atoms with E-state index in [4.69, 9.17) is 10.5 Å². The first-order valence-electron chi connectivity index (χ1n) is 7.53. The highest BCUT2D eigenvalue weighted by molar-refractivity contribution is 5.67. The third-order valence-electron chi connectivity index (χ3n) is 3.86. The van der Waals surface area contributed by atoms with Gasteiger partial charge in [0.1, 0.15) is 6.61 Å². The van der Waals surface area contributed by atoms with Crippen LogP contribution in [0, 0.1) is 5.92 Å². The highest BCUT2D eigenvalue weighted by Gasteiger charge is 2.24. The molecule has 0 unspecified atom stereocenters. The van der Waals surface area contributed by atoms with Gasteiger partial charge in [-0.3, -0.25) is 0 Å². The van der Waals surface area contributed by atoms with E-state index in [2.05, 4.69) is 4.90 Å². The molecular weight excluding hydrogens is 266 g/mol. The minimum atomic E-state index is -0.254. The molecule has 1 amide bonds. The van der Waals surface area contributed by atoms with E-state index in [1.165, 1.54) is 0 Å². The van der Waals surface area contributed by atoms with Crippen LogP contribution >= 0.6 is 0 Å². The summed E-state index contributed by atoms with van der Waals surface area (Å²) in [6.45, 7) is 4.81. The predicted molar refractivity (Wildman–Crippen MR) is 82.9 cm³/mol. The largest absolute Gasteiger partial charge is 0.445 e. The second kappa shape index (κ2) is 8.00. The van der Waals surface area contributed by atoms with Crippen molar-refractivity contribution in [1.82, 2.24) is 9.80 Å². The number of benzene rings is 1. The van der Waals surface area contributed by atoms with Crippen molar-refractivity contribution >= 4 is 6.09 Å². The maximum absolute atomic E-state index is 12.0. The Hall–Kier alpha value is -1.59. The van der Waals surface area contributed by atoms with E-state index < -0.39 is 0 Å². The minimum Gasteiger partial charge on any atom is -0.445 e. The molecule has 1 fully saturated rings. The van der Waals surface area contributed by atoms with Crippen LogP contribution in [0.2, 0.25) is 0 Å². The first kappa shape index (κ1) is 15.8. The van der Waals surface area contributed by atoms with Gasteiger partial charge in [-0.1, -0.05) is 30.3 Å². The van der Waals surface area contributed by atoms with Gasteiger partial charge in [0, 0.05) is 33.2 Å². The minimum absolute atomic E-state index is 0.254. The molecule has 0 aromatic heterocycles. The van der Waals surface area contributed by atoms with Crippen molar-refractivity contribution in [2.45, 2.75) is 13.0 Å². The number of likely N-dealkylation sites (tertiary alicyclic amines) is 1. The third-order valence-corrected chi connectivity index (χ3v) is 3.86. The number of nitrogens with two attached hydrogens (primary N) is 1. The van der Waals surface area contributed by atoms with E-state index in [0.29, 0.717) is 19.1 Å². The molecule has 1 heterocycles. The van der Waals surface area contributed by atoms with E-state index in [1.54, 1.807) is 11.9 Å². The second-order valence-corrected chi connectivity index (χ2v) is 5.66. The lowest BCUT2D eigenvalue weighted by Crippen LogP contribution is -2.34. The Morgan fingerprint density at radius 1 is 1.43 bits per heavy atom. The second-order valence-electron chi connectivity index (χ2n) is 5.66. The van der Waals surface area contributed by atoms with Crippen LogP contribution in [0.1, 0.15) is 12.0 Å². The maximum Gasteiger partial charge on any atom is 0.409 e. The molecule has 21 heavy (non-hydrogen) atoms. The van der Waals surface area contributed by atoms with Crippen LogP contribution in [0.25, 0.3) is 0 Å². The summed E-state index contributed by atoms with van der Waals surface area (Å²) < 4.78 is 5.33. The van der Waals surface area contributed by atoms with Gasteiger partial charge in [0.25, 0.3) is 0 Å². The van der Waals surface area contributed by atoms with Crippen molar-refractivity contribution in [1.29, 1.82) is 0 Å². The zero-order valence-corrected chi connectivity index (χ0v) is 12.7. The van der Waals surface area contributed by atoms with Crippen molar-refractivity contribution in [2.24, 2.45) is 11.7 Å². The quantitative estimate of drug-likeness (QED) is 0.863. The Kier molecular flexibility index (Phi) is 6.02. The normalized spacial score (nSPS) is 18.7. The van der Waals surface area contributed by atoms with Crippen molar-refractivity contribution in [3.05, 3.63) is 35.9 Å². The van der Waals surface area contributed by atoms with E-state index >= 15 is 0 Å². The topological polar surface area (TPSA) is 58.8 Å². The molecule has 2 N–H and O–H groups in total. The van der Waals surface area contributed by atoms with Gasteiger partial charge in [0.05, 0.1) is 0 Å². The van der Waals surface area contributed by atoms with Crippen LogP contribution in [-0.2, 0) is 11.3 Å². The lowest BCUT2D eigenvalue weighted by Gasteiger charge is -2.21. The van der Waals surface area contributed by atoms with E-state index in [0.717, 1.165) is 38.2 Å². The van der Waals surface area contributed by atoms with Crippen molar-refractivity contribution < 1.29 is 9.53 Å². The standard InChI is InChI=1S/C16H25N3O2/c1-18(11-15-7-9-19(12-15)10-8-17)16(20)21-13-14-5-3-2-4-6-14/h2-6,15H,7-13,17H2,1H3/t15-/m0/s1. The molecular formula is C16H25N3O2. The number of nitrogens with zero attached hydrogens (tertiary/aromatic N) is 2. The van der Waals surface area contributed by atoms with Crippen molar-refractivity contribution in [3.63, 3.8) is 0 Å². The molecule has 0 saturated carbocycles. The Morgan fingerprint density at radius 3 is 2.90 bits per heavy atom. The summed E-state index contributed by atoms with van der Waals surface area (Å²) in [5.74, 6) is 0.519. The number of amides is 1. The number of carbonyl (C=O) groups excluding carboxylic acids is 1. The monoisotopic (exact) mass is 291 g/mol. The molecule has 1 aliphatic heterocycles. The van der Waals surface area contributed by atoms with Crippen LogP contribution < -0.4 is 5.73 Å². The van der Waals surface area contributed by atoms with Gasteiger partial charge in [0.2, 0.25) is 0 Å². The zero-order chi connectivity index (χ0) is 15.1. The van der Waals surface area contributed by atoms with Crippen LogP contribution in [0.5, 0.6) is 0 Å². The predicted octanol–water partition coefficient (Wildman–Crippen LogP) is 1.54. The maximum atomic E-state index is 12.0. The first-order valence-corrected chi connectivity index (χ1v) is 7.53. The van der Waals surface area contributed by atoms with Crippen LogP contribution in [-0.4, -0.2) is 55.7 Å².